The van der Waals surface area contributed by atoms with Crippen LogP contribution in [0.3, 0.4) is 0 Å². The number of carbonyl (C=O) groups excluding carboxylic acids is 2. The van der Waals surface area contributed by atoms with Gasteiger partial charge in [0.2, 0.25) is 0 Å². The summed E-state index contributed by atoms with van der Waals surface area (Å²) in [5.74, 6) is 0.127. The number of rotatable bonds is 4. The molecule has 2 aliphatic carbocycles. The average Bonchev–Trinajstić information content (AvgIpc) is 3.04. The van der Waals surface area contributed by atoms with Crippen molar-refractivity contribution in [1.29, 1.82) is 0 Å². The molecule has 84 valence electrons. The fourth-order valence-corrected chi connectivity index (χ4v) is 2.40. The lowest BCUT2D eigenvalue weighted by atomic mass is 10.2. The summed E-state index contributed by atoms with van der Waals surface area (Å²) in [7, 11) is 0. The monoisotopic (exact) mass is 212 g/mol. The summed E-state index contributed by atoms with van der Waals surface area (Å²) in [4.78, 5) is 22.0. The standard InChI is InChI=1S/C11H16O4/c1-3-14-10(13)9-5-11(9)4-8(11)6-15-7(2)12/h8-9H,3-6H2,1-2H3/t8-,9-,11+/m1/s1. The van der Waals surface area contributed by atoms with Gasteiger partial charge in [-0.25, -0.2) is 0 Å². The molecule has 2 rings (SSSR count). The largest absolute Gasteiger partial charge is 0.466 e. The van der Waals surface area contributed by atoms with E-state index in [1.165, 1.54) is 6.92 Å². The van der Waals surface area contributed by atoms with Crippen LogP contribution in [0.25, 0.3) is 0 Å². The Morgan fingerprint density at radius 2 is 2.07 bits per heavy atom. The number of hydrogen-bond donors (Lipinski definition) is 0. The lowest BCUT2D eigenvalue weighted by Gasteiger charge is -2.01. The number of hydrogen-bond acceptors (Lipinski definition) is 4. The van der Waals surface area contributed by atoms with E-state index >= 15 is 0 Å². The molecule has 0 N–H and O–H groups in total. The first-order valence-electron chi connectivity index (χ1n) is 5.40. The van der Waals surface area contributed by atoms with Crippen molar-refractivity contribution in [2.45, 2.75) is 26.7 Å². The molecule has 0 saturated heterocycles. The maximum absolute atomic E-state index is 11.4. The Kier molecular flexibility index (Phi) is 2.44. The van der Waals surface area contributed by atoms with Crippen LogP contribution >= 0.6 is 0 Å². The first kappa shape index (κ1) is 10.5. The van der Waals surface area contributed by atoms with Crippen LogP contribution in [0.5, 0.6) is 0 Å². The van der Waals surface area contributed by atoms with E-state index in [0.29, 0.717) is 19.1 Å². The molecule has 1 spiro atoms. The van der Waals surface area contributed by atoms with E-state index in [1.54, 1.807) is 0 Å². The second-order valence-electron chi connectivity index (χ2n) is 4.45. The zero-order valence-corrected chi connectivity index (χ0v) is 9.12. The molecule has 2 aliphatic rings. The molecule has 0 unspecified atom stereocenters. The first-order valence-corrected chi connectivity index (χ1v) is 5.40. The van der Waals surface area contributed by atoms with Gasteiger partial charge in [0.05, 0.1) is 19.1 Å². The highest BCUT2D eigenvalue weighted by Crippen LogP contribution is 2.74. The van der Waals surface area contributed by atoms with Crippen molar-refractivity contribution in [1.82, 2.24) is 0 Å². The quantitative estimate of drug-likeness (QED) is 0.656. The van der Waals surface area contributed by atoms with E-state index < -0.39 is 0 Å². The minimum absolute atomic E-state index is 0.0676. The number of ether oxygens (including phenoxy) is 2. The Labute approximate surface area is 88.9 Å². The van der Waals surface area contributed by atoms with Crippen molar-refractivity contribution < 1.29 is 19.1 Å². The molecule has 0 aliphatic heterocycles. The van der Waals surface area contributed by atoms with Gasteiger partial charge in [-0.3, -0.25) is 9.59 Å². The molecule has 0 bridgehead atoms. The second-order valence-corrected chi connectivity index (χ2v) is 4.45. The van der Waals surface area contributed by atoms with Crippen molar-refractivity contribution in [2.75, 3.05) is 13.2 Å². The SMILES string of the molecule is CCOC(=O)[C@H]1C[C@]12C[C@@H]2COC(C)=O. The van der Waals surface area contributed by atoms with E-state index in [2.05, 4.69) is 0 Å². The molecule has 4 heteroatoms. The van der Waals surface area contributed by atoms with Crippen LogP contribution in [-0.2, 0) is 19.1 Å². The van der Waals surface area contributed by atoms with E-state index in [1.807, 2.05) is 6.92 Å². The number of carbonyl (C=O) groups is 2. The summed E-state index contributed by atoms with van der Waals surface area (Å²) >= 11 is 0. The lowest BCUT2D eigenvalue weighted by Crippen LogP contribution is -2.09. The van der Waals surface area contributed by atoms with Crippen LogP contribution in [0.15, 0.2) is 0 Å². The summed E-state index contributed by atoms with van der Waals surface area (Å²) in [5.41, 5.74) is 0.141. The van der Waals surface area contributed by atoms with Crippen LogP contribution in [0.4, 0.5) is 0 Å². The molecule has 4 nitrogen and oxygen atoms in total. The molecule has 0 radical (unpaired) electrons. The Bertz CT molecular complexity index is 299. The van der Waals surface area contributed by atoms with Crippen LogP contribution in [-0.4, -0.2) is 25.2 Å². The predicted molar refractivity (Wildman–Crippen MR) is 51.9 cm³/mol. The molecule has 0 heterocycles. The van der Waals surface area contributed by atoms with Crippen molar-refractivity contribution in [3.63, 3.8) is 0 Å². The molecular formula is C11H16O4. The second kappa shape index (κ2) is 3.51. The van der Waals surface area contributed by atoms with E-state index in [4.69, 9.17) is 9.47 Å². The van der Waals surface area contributed by atoms with E-state index in [0.717, 1.165) is 12.8 Å². The summed E-state index contributed by atoms with van der Waals surface area (Å²) < 4.78 is 9.91. The van der Waals surface area contributed by atoms with Crippen LogP contribution < -0.4 is 0 Å². The average molecular weight is 212 g/mol. The van der Waals surface area contributed by atoms with Gasteiger partial charge in [0.1, 0.15) is 0 Å². The van der Waals surface area contributed by atoms with Gasteiger partial charge in [-0.15, -0.1) is 0 Å². The van der Waals surface area contributed by atoms with Crippen LogP contribution in [0, 0.1) is 17.3 Å². The van der Waals surface area contributed by atoms with Crippen LogP contribution in [0.1, 0.15) is 26.7 Å². The third-order valence-corrected chi connectivity index (χ3v) is 3.46. The molecule has 0 aromatic rings. The van der Waals surface area contributed by atoms with Gasteiger partial charge in [-0.2, -0.15) is 0 Å². The molecule has 0 amide bonds. The topological polar surface area (TPSA) is 52.6 Å². The molecule has 15 heavy (non-hydrogen) atoms. The maximum atomic E-state index is 11.4. The molecule has 2 saturated carbocycles. The summed E-state index contributed by atoms with van der Waals surface area (Å²) in [6.07, 6.45) is 1.92. The van der Waals surface area contributed by atoms with Gasteiger partial charge in [0.15, 0.2) is 0 Å². The number of esters is 2. The Hall–Kier alpha value is -1.06. The normalized spacial score (nSPS) is 36.1. The van der Waals surface area contributed by atoms with Gasteiger partial charge in [0.25, 0.3) is 0 Å². The Balaban J connectivity index is 1.75. The predicted octanol–water partition coefficient (Wildman–Crippen LogP) is 1.14. The first-order chi connectivity index (χ1) is 7.10. The minimum Gasteiger partial charge on any atom is -0.466 e. The summed E-state index contributed by atoms with van der Waals surface area (Å²) in [6.45, 7) is 4.13. The van der Waals surface area contributed by atoms with Crippen molar-refractivity contribution in [3.8, 4) is 0 Å². The molecule has 3 atom stereocenters. The minimum atomic E-state index is -0.245. The van der Waals surface area contributed by atoms with Gasteiger partial charge in [0, 0.05) is 12.8 Å². The van der Waals surface area contributed by atoms with E-state index in [9.17, 15) is 9.59 Å². The highest BCUT2D eigenvalue weighted by Gasteiger charge is 2.73. The third-order valence-electron chi connectivity index (χ3n) is 3.46. The zero-order valence-electron chi connectivity index (χ0n) is 9.12. The van der Waals surface area contributed by atoms with Crippen molar-refractivity contribution in [2.24, 2.45) is 17.3 Å². The van der Waals surface area contributed by atoms with Gasteiger partial charge in [-0.1, -0.05) is 0 Å². The molecular weight excluding hydrogens is 196 g/mol. The van der Waals surface area contributed by atoms with Crippen LogP contribution in [0.2, 0.25) is 0 Å². The van der Waals surface area contributed by atoms with Gasteiger partial charge >= 0.3 is 11.9 Å². The Morgan fingerprint density at radius 3 is 2.67 bits per heavy atom. The summed E-state index contributed by atoms with van der Waals surface area (Å²) in [6, 6.07) is 0. The van der Waals surface area contributed by atoms with E-state index in [-0.39, 0.29) is 23.3 Å². The van der Waals surface area contributed by atoms with Gasteiger partial charge < -0.3 is 9.47 Å². The molecule has 0 aromatic heterocycles. The van der Waals surface area contributed by atoms with Crippen molar-refractivity contribution >= 4 is 11.9 Å². The molecule has 0 aromatic carbocycles. The van der Waals surface area contributed by atoms with Crippen molar-refractivity contribution in [3.05, 3.63) is 0 Å². The zero-order chi connectivity index (χ0) is 11.1. The summed E-state index contributed by atoms with van der Waals surface area (Å²) in [5, 5.41) is 0. The fraction of sp³-hybridized carbons (Fsp3) is 0.818. The fourth-order valence-electron chi connectivity index (χ4n) is 2.40. The third kappa shape index (κ3) is 1.85. The highest BCUT2D eigenvalue weighted by molar-refractivity contribution is 5.78. The van der Waals surface area contributed by atoms with Gasteiger partial charge in [-0.05, 0) is 25.2 Å². The highest BCUT2D eigenvalue weighted by atomic mass is 16.5. The lowest BCUT2D eigenvalue weighted by molar-refractivity contribution is -0.145. The maximum Gasteiger partial charge on any atom is 0.309 e. The smallest absolute Gasteiger partial charge is 0.309 e. The molecule has 2 fully saturated rings. The Morgan fingerprint density at radius 1 is 1.33 bits per heavy atom.